The highest BCUT2D eigenvalue weighted by molar-refractivity contribution is 7.99. The van der Waals surface area contributed by atoms with Gasteiger partial charge in [-0.1, -0.05) is 54.6 Å². The minimum Gasteiger partial charge on any atom is -0.493 e. The molecule has 1 aromatic heterocycles. The van der Waals surface area contributed by atoms with Crippen LogP contribution in [0.25, 0.3) is 22.0 Å². The number of fused-ring (bicyclic) bond motifs is 1. The van der Waals surface area contributed by atoms with E-state index >= 15 is 0 Å². The molecule has 0 spiro atoms. The molecule has 0 saturated carbocycles. The van der Waals surface area contributed by atoms with Crippen LogP contribution in [0, 0.1) is 0 Å². The molecule has 8 heteroatoms. The van der Waals surface area contributed by atoms with Crippen LogP contribution in [0.15, 0.2) is 88.8 Å². The van der Waals surface area contributed by atoms with E-state index in [2.05, 4.69) is 22.3 Å². The topological polar surface area (TPSA) is 72.4 Å². The third-order valence-electron chi connectivity index (χ3n) is 4.89. The summed E-state index contributed by atoms with van der Waals surface area (Å²) >= 11 is 1.58. The Kier molecular flexibility index (Phi) is 6.74. The quantitative estimate of drug-likeness (QED) is 0.277. The van der Waals surface area contributed by atoms with Crippen molar-refractivity contribution < 1.29 is 13.2 Å². The van der Waals surface area contributed by atoms with Crippen LogP contribution in [0.1, 0.15) is 0 Å². The average Bonchev–Trinajstić information content (AvgIpc) is 2.82. The lowest BCUT2D eigenvalue weighted by Crippen LogP contribution is -2.22. The van der Waals surface area contributed by atoms with Gasteiger partial charge in [-0.15, -0.1) is 22.0 Å². The van der Waals surface area contributed by atoms with Gasteiger partial charge in [-0.05, 0) is 24.3 Å². The molecule has 3 aromatic carbocycles. The van der Waals surface area contributed by atoms with E-state index in [-0.39, 0.29) is 4.90 Å². The van der Waals surface area contributed by atoms with Crippen molar-refractivity contribution in [3.05, 3.63) is 78.9 Å². The molecule has 1 heterocycles. The van der Waals surface area contributed by atoms with Crippen LogP contribution in [0.4, 0.5) is 0 Å². The molecule has 0 saturated heterocycles. The number of hydrogen-bond acceptors (Lipinski definition) is 6. The zero-order valence-electron chi connectivity index (χ0n) is 17.8. The van der Waals surface area contributed by atoms with Crippen LogP contribution in [0.3, 0.4) is 0 Å². The maximum atomic E-state index is 12.2. The van der Waals surface area contributed by atoms with Crippen LogP contribution in [0.2, 0.25) is 0 Å². The molecule has 6 nitrogen and oxygen atoms in total. The summed E-state index contributed by atoms with van der Waals surface area (Å²) in [4.78, 5) is 0.240. The first-order chi connectivity index (χ1) is 15.5. The SMILES string of the molecule is CN(C)S(=O)(=O)c1ccc(OCCSc2nnc(-c3ccccc3)c3ccccc23)cc1. The Labute approximate surface area is 192 Å². The van der Waals surface area contributed by atoms with Crippen molar-refractivity contribution in [2.75, 3.05) is 26.5 Å². The fraction of sp³-hybridized carbons (Fsp3) is 0.167. The minimum atomic E-state index is -3.44. The minimum absolute atomic E-state index is 0.240. The molecule has 32 heavy (non-hydrogen) atoms. The number of benzene rings is 3. The summed E-state index contributed by atoms with van der Waals surface area (Å²) < 4.78 is 31.3. The summed E-state index contributed by atoms with van der Waals surface area (Å²) in [5, 5.41) is 11.9. The molecule has 0 aliphatic rings. The van der Waals surface area contributed by atoms with Crippen molar-refractivity contribution in [1.82, 2.24) is 14.5 Å². The van der Waals surface area contributed by atoms with Gasteiger partial charge in [0.05, 0.1) is 11.5 Å². The van der Waals surface area contributed by atoms with Crippen LogP contribution in [-0.4, -0.2) is 49.4 Å². The van der Waals surface area contributed by atoms with E-state index in [1.807, 2.05) is 42.5 Å². The predicted octanol–water partition coefficient (Wildman–Crippen LogP) is 4.72. The number of rotatable bonds is 8. The smallest absolute Gasteiger partial charge is 0.242 e. The van der Waals surface area contributed by atoms with Gasteiger partial charge in [0.1, 0.15) is 16.5 Å². The van der Waals surface area contributed by atoms with Gasteiger partial charge in [-0.25, -0.2) is 12.7 Å². The van der Waals surface area contributed by atoms with E-state index in [0.717, 1.165) is 27.1 Å². The summed E-state index contributed by atoms with van der Waals surface area (Å²) in [6, 6.07) is 24.6. The van der Waals surface area contributed by atoms with Gasteiger partial charge in [0.2, 0.25) is 10.0 Å². The van der Waals surface area contributed by atoms with Crippen molar-refractivity contribution in [3.63, 3.8) is 0 Å². The standard InChI is InChI=1S/C24H23N3O3S2/c1-27(2)32(28,29)20-14-12-19(13-15-20)30-16-17-31-24-22-11-7-6-10-21(22)23(25-26-24)18-8-4-3-5-9-18/h3-15H,16-17H2,1-2H3. The highest BCUT2D eigenvalue weighted by Crippen LogP contribution is 2.31. The van der Waals surface area contributed by atoms with Gasteiger partial charge < -0.3 is 4.74 Å². The number of hydrogen-bond donors (Lipinski definition) is 0. The van der Waals surface area contributed by atoms with Crippen LogP contribution < -0.4 is 4.74 Å². The van der Waals surface area contributed by atoms with E-state index in [9.17, 15) is 8.42 Å². The van der Waals surface area contributed by atoms with E-state index < -0.39 is 10.0 Å². The zero-order valence-corrected chi connectivity index (χ0v) is 19.4. The molecule has 0 unspecified atom stereocenters. The molecule has 0 aliphatic heterocycles. The lowest BCUT2D eigenvalue weighted by Gasteiger charge is -2.12. The second kappa shape index (κ2) is 9.68. The Morgan fingerprint density at radius 2 is 1.50 bits per heavy atom. The maximum absolute atomic E-state index is 12.2. The normalized spacial score (nSPS) is 11.7. The molecule has 0 bridgehead atoms. The first-order valence-corrected chi connectivity index (χ1v) is 12.5. The molecular formula is C24H23N3O3S2. The number of thioether (sulfide) groups is 1. The number of aromatic nitrogens is 2. The van der Waals surface area contributed by atoms with E-state index in [1.165, 1.54) is 18.4 Å². The predicted molar refractivity (Wildman–Crippen MR) is 129 cm³/mol. The number of nitrogens with zero attached hydrogens (tertiary/aromatic N) is 3. The average molecular weight is 466 g/mol. The van der Waals surface area contributed by atoms with Crippen LogP contribution in [-0.2, 0) is 10.0 Å². The highest BCUT2D eigenvalue weighted by Gasteiger charge is 2.16. The van der Waals surface area contributed by atoms with Crippen LogP contribution in [0.5, 0.6) is 5.75 Å². The number of ether oxygens (including phenoxy) is 1. The van der Waals surface area contributed by atoms with Gasteiger partial charge in [-0.3, -0.25) is 0 Å². The van der Waals surface area contributed by atoms with Crippen molar-refractivity contribution in [1.29, 1.82) is 0 Å². The van der Waals surface area contributed by atoms with Gasteiger partial charge in [-0.2, -0.15) is 0 Å². The van der Waals surface area contributed by atoms with E-state index in [4.69, 9.17) is 4.74 Å². The third-order valence-corrected chi connectivity index (χ3v) is 7.67. The Morgan fingerprint density at radius 3 is 2.19 bits per heavy atom. The van der Waals surface area contributed by atoms with Crippen molar-refractivity contribution >= 4 is 32.6 Å². The third kappa shape index (κ3) is 4.77. The second-order valence-corrected chi connectivity index (χ2v) is 10.5. The van der Waals surface area contributed by atoms with E-state index in [0.29, 0.717) is 18.1 Å². The fourth-order valence-corrected chi connectivity index (χ4v) is 4.91. The van der Waals surface area contributed by atoms with Gasteiger partial charge >= 0.3 is 0 Å². The molecule has 0 atom stereocenters. The maximum Gasteiger partial charge on any atom is 0.242 e. The molecule has 0 N–H and O–H groups in total. The Morgan fingerprint density at radius 1 is 0.844 bits per heavy atom. The molecule has 0 fully saturated rings. The first-order valence-electron chi connectivity index (χ1n) is 10.1. The summed E-state index contributed by atoms with van der Waals surface area (Å²) in [6.45, 7) is 0.459. The Hall–Kier alpha value is -2.94. The summed E-state index contributed by atoms with van der Waals surface area (Å²) in [5.41, 5.74) is 1.91. The fourth-order valence-electron chi connectivity index (χ4n) is 3.21. The molecule has 4 rings (SSSR count). The van der Waals surface area contributed by atoms with Crippen molar-refractivity contribution in [2.24, 2.45) is 0 Å². The lowest BCUT2D eigenvalue weighted by molar-refractivity contribution is 0.343. The highest BCUT2D eigenvalue weighted by atomic mass is 32.2. The Bertz CT molecular complexity index is 1310. The van der Waals surface area contributed by atoms with E-state index in [1.54, 1.807) is 36.0 Å². The molecule has 4 aromatic rings. The largest absolute Gasteiger partial charge is 0.493 e. The molecule has 0 amide bonds. The summed E-state index contributed by atoms with van der Waals surface area (Å²) in [6.07, 6.45) is 0. The van der Waals surface area contributed by atoms with Gasteiger partial charge in [0.25, 0.3) is 0 Å². The van der Waals surface area contributed by atoms with Gasteiger partial charge in [0, 0.05) is 36.2 Å². The molecule has 164 valence electrons. The monoisotopic (exact) mass is 465 g/mol. The first kappa shape index (κ1) is 22.3. The molecular weight excluding hydrogens is 442 g/mol. The molecule has 0 aliphatic carbocycles. The molecule has 0 radical (unpaired) electrons. The van der Waals surface area contributed by atoms with Crippen LogP contribution >= 0.6 is 11.8 Å². The second-order valence-electron chi connectivity index (χ2n) is 7.22. The number of sulfonamides is 1. The zero-order chi connectivity index (χ0) is 22.6. The Balaban J connectivity index is 1.42. The lowest BCUT2D eigenvalue weighted by atomic mass is 10.1. The van der Waals surface area contributed by atoms with Gasteiger partial charge in [0.15, 0.2) is 0 Å². The van der Waals surface area contributed by atoms with Crippen molar-refractivity contribution in [3.8, 4) is 17.0 Å². The summed E-state index contributed by atoms with van der Waals surface area (Å²) in [5.74, 6) is 1.31. The summed E-state index contributed by atoms with van der Waals surface area (Å²) in [7, 11) is -0.421. The van der Waals surface area contributed by atoms with Crippen molar-refractivity contribution in [2.45, 2.75) is 9.92 Å².